The van der Waals surface area contributed by atoms with Gasteiger partial charge in [-0.2, -0.15) is 0 Å². The average molecular weight is 675 g/mol. The quantitative estimate of drug-likeness (QED) is 0.170. The van der Waals surface area contributed by atoms with Gasteiger partial charge in [-0.25, -0.2) is 4.85 Å². The van der Waals surface area contributed by atoms with Crippen LogP contribution >= 0.6 is 0 Å². The largest absolute Gasteiger partial charge is 0.455 e. The molecule has 11 rings (SSSR count). The number of rotatable bonds is 4. The Labute approximate surface area is 306 Å². The van der Waals surface area contributed by atoms with Crippen LogP contribution < -0.4 is 0 Å². The molecule has 246 valence electrons. The normalized spacial score (nSPS) is 13.5. The molecule has 0 amide bonds. The maximum absolute atomic E-state index is 8.29. The molecule has 10 aromatic rings. The molecule has 1 unspecified atom stereocenters. The zero-order valence-corrected chi connectivity index (χ0v) is 28.6. The maximum atomic E-state index is 8.29. The zero-order chi connectivity index (χ0) is 35.0. The second kappa shape index (κ2) is 11.4. The van der Waals surface area contributed by atoms with Gasteiger partial charge in [0.2, 0.25) is 5.69 Å². The highest BCUT2D eigenvalue weighted by Crippen LogP contribution is 2.53. The lowest BCUT2D eigenvalue weighted by atomic mass is 9.87. The summed E-state index contributed by atoms with van der Waals surface area (Å²) in [6.07, 6.45) is 0. The summed E-state index contributed by atoms with van der Waals surface area (Å²) >= 11 is 0. The Hall–Kier alpha value is -7.15. The minimum atomic E-state index is 0.00289. The standard InChI is InChI=1S/C50H30N2O/c1-51-43-21-12-20-35(49(43)52-44-22-8-5-17-36(44)37-18-6-9-23-45(37)52)33-15-11-16-34(29-33)47-39-26-25-32(31-13-3-2-4-14-31)30-42(39)48-41(47)28-27-40-38-19-7-10-24-46(38)53-50(40)48/h2-30,47H. The lowest BCUT2D eigenvalue weighted by Crippen LogP contribution is -2.01. The Bertz CT molecular complexity index is 3080. The van der Waals surface area contributed by atoms with Crippen molar-refractivity contribution in [2.24, 2.45) is 0 Å². The molecule has 3 nitrogen and oxygen atoms in total. The molecule has 53 heavy (non-hydrogen) atoms. The summed E-state index contributed by atoms with van der Waals surface area (Å²) in [6.45, 7) is 8.29. The van der Waals surface area contributed by atoms with Crippen LogP contribution in [0.5, 0.6) is 0 Å². The number of para-hydroxylation sites is 4. The van der Waals surface area contributed by atoms with Crippen LogP contribution in [-0.2, 0) is 0 Å². The smallest absolute Gasteiger partial charge is 0.211 e. The van der Waals surface area contributed by atoms with Gasteiger partial charge in [0.05, 0.1) is 23.3 Å². The van der Waals surface area contributed by atoms with E-state index in [-0.39, 0.29) is 5.92 Å². The van der Waals surface area contributed by atoms with Gasteiger partial charge in [-0.3, -0.25) is 0 Å². The fourth-order valence-electron chi connectivity index (χ4n) is 8.82. The molecule has 0 aliphatic heterocycles. The van der Waals surface area contributed by atoms with E-state index in [4.69, 9.17) is 11.0 Å². The van der Waals surface area contributed by atoms with Crippen molar-refractivity contribution in [2.75, 3.05) is 0 Å². The molecule has 0 fully saturated rings. The Kier molecular flexibility index (Phi) is 6.38. The van der Waals surface area contributed by atoms with Crippen LogP contribution in [0, 0.1) is 6.57 Å². The predicted molar refractivity (Wildman–Crippen MR) is 218 cm³/mol. The zero-order valence-electron chi connectivity index (χ0n) is 28.6. The van der Waals surface area contributed by atoms with Gasteiger partial charge in [-0.05, 0) is 68.8 Å². The first-order valence-electron chi connectivity index (χ1n) is 18.0. The van der Waals surface area contributed by atoms with Crippen molar-refractivity contribution in [1.82, 2.24) is 4.57 Å². The van der Waals surface area contributed by atoms with E-state index in [1.807, 2.05) is 18.2 Å². The molecule has 2 aromatic heterocycles. The summed E-state index contributed by atoms with van der Waals surface area (Å²) in [6, 6.07) is 62.4. The third kappa shape index (κ3) is 4.33. The van der Waals surface area contributed by atoms with Gasteiger partial charge in [-0.15, -0.1) is 0 Å². The highest BCUT2D eigenvalue weighted by atomic mass is 16.3. The first kappa shape index (κ1) is 29.6. The number of furan rings is 1. The van der Waals surface area contributed by atoms with Gasteiger partial charge < -0.3 is 8.98 Å². The fourth-order valence-corrected chi connectivity index (χ4v) is 8.82. The van der Waals surface area contributed by atoms with Gasteiger partial charge in [-0.1, -0.05) is 152 Å². The van der Waals surface area contributed by atoms with Crippen molar-refractivity contribution in [2.45, 2.75) is 5.92 Å². The molecule has 1 aliphatic rings. The summed E-state index contributed by atoms with van der Waals surface area (Å²) in [4.78, 5) is 4.08. The van der Waals surface area contributed by atoms with E-state index < -0.39 is 0 Å². The topological polar surface area (TPSA) is 22.4 Å². The average Bonchev–Trinajstić information content (AvgIpc) is 3.88. The number of hydrogen-bond donors (Lipinski definition) is 0. The van der Waals surface area contributed by atoms with E-state index in [0.717, 1.165) is 49.8 Å². The van der Waals surface area contributed by atoms with Crippen LogP contribution in [0.15, 0.2) is 180 Å². The van der Waals surface area contributed by atoms with E-state index in [2.05, 4.69) is 167 Å². The molecular weight excluding hydrogens is 645 g/mol. The molecule has 3 heteroatoms. The van der Waals surface area contributed by atoms with Gasteiger partial charge in [0.1, 0.15) is 11.2 Å². The number of benzene rings is 8. The highest BCUT2D eigenvalue weighted by molar-refractivity contribution is 6.12. The summed E-state index contributed by atoms with van der Waals surface area (Å²) in [5, 5.41) is 4.62. The molecule has 1 aliphatic carbocycles. The Morgan fingerprint density at radius 3 is 1.96 bits per heavy atom. The third-order valence-electron chi connectivity index (χ3n) is 11.1. The third-order valence-corrected chi connectivity index (χ3v) is 11.1. The van der Waals surface area contributed by atoms with Gasteiger partial charge in [0, 0.05) is 33.0 Å². The van der Waals surface area contributed by atoms with Crippen molar-refractivity contribution in [3.63, 3.8) is 0 Å². The van der Waals surface area contributed by atoms with E-state index in [1.54, 1.807) is 0 Å². The Balaban J connectivity index is 1.14. The van der Waals surface area contributed by atoms with E-state index in [0.29, 0.717) is 5.69 Å². The molecule has 0 bridgehead atoms. The molecule has 1 atom stereocenters. The Morgan fingerprint density at radius 1 is 0.491 bits per heavy atom. The van der Waals surface area contributed by atoms with Crippen LogP contribution in [0.25, 0.3) is 87.7 Å². The predicted octanol–water partition coefficient (Wildman–Crippen LogP) is 13.7. The molecular formula is C50H30N2O. The van der Waals surface area contributed by atoms with E-state index in [1.165, 1.54) is 49.7 Å². The van der Waals surface area contributed by atoms with Crippen LogP contribution in [0.3, 0.4) is 0 Å². The monoisotopic (exact) mass is 674 g/mol. The van der Waals surface area contributed by atoms with Crippen molar-refractivity contribution >= 4 is 49.4 Å². The van der Waals surface area contributed by atoms with Crippen molar-refractivity contribution in [3.05, 3.63) is 204 Å². The van der Waals surface area contributed by atoms with Crippen LogP contribution in [0.2, 0.25) is 0 Å². The lowest BCUT2D eigenvalue weighted by Gasteiger charge is -2.19. The molecule has 0 saturated carbocycles. The van der Waals surface area contributed by atoms with E-state index in [9.17, 15) is 0 Å². The first-order valence-corrected chi connectivity index (χ1v) is 18.0. The van der Waals surface area contributed by atoms with Gasteiger partial charge in [0.25, 0.3) is 0 Å². The number of aromatic nitrogens is 1. The molecule has 0 spiro atoms. The van der Waals surface area contributed by atoms with Gasteiger partial charge in [0.15, 0.2) is 0 Å². The summed E-state index contributed by atoms with van der Waals surface area (Å²) < 4.78 is 8.98. The molecule has 0 N–H and O–H groups in total. The maximum Gasteiger partial charge on any atom is 0.211 e. The Morgan fingerprint density at radius 2 is 1.17 bits per heavy atom. The van der Waals surface area contributed by atoms with Gasteiger partial charge >= 0.3 is 0 Å². The summed E-state index contributed by atoms with van der Waals surface area (Å²) in [5.74, 6) is 0.00289. The minimum absolute atomic E-state index is 0.00289. The minimum Gasteiger partial charge on any atom is -0.455 e. The summed E-state index contributed by atoms with van der Waals surface area (Å²) in [5.41, 5.74) is 16.1. The molecule has 2 heterocycles. The van der Waals surface area contributed by atoms with Crippen molar-refractivity contribution < 1.29 is 4.42 Å². The molecule has 8 aromatic carbocycles. The van der Waals surface area contributed by atoms with Crippen LogP contribution in [0.4, 0.5) is 5.69 Å². The van der Waals surface area contributed by atoms with E-state index >= 15 is 0 Å². The highest BCUT2D eigenvalue weighted by Gasteiger charge is 2.34. The van der Waals surface area contributed by atoms with Crippen molar-refractivity contribution in [3.8, 4) is 39.1 Å². The van der Waals surface area contributed by atoms with Crippen LogP contribution in [-0.4, -0.2) is 4.57 Å². The number of hydrogen-bond acceptors (Lipinski definition) is 1. The fraction of sp³-hybridized carbons (Fsp3) is 0.0200. The summed E-state index contributed by atoms with van der Waals surface area (Å²) in [7, 11) is 0. The first-order chi connectivity index (χ1) is 26.3. The molecule has 0 saturated heterocycles. The second-order valence-corrected chi connectivity index (χ2v) is 13.9. The van der Waals surface area contributed by atoms with Crippen LogP contribution in [0.1, 0.15) is 22.6 Å². The SMILES string of the molecule is [C-]#[N+]c1cccc(-c2cccc(C3c4ccc(-c5ccccc5)cc4-c4c3ccc3c4oc4ccccc43)c2)c1-n1c2ccccc2c2ccccc21. The lowest BCUT2D eigenvalue weighted by molar-refractivity contribution is 0.670. The van der Waals surface area contributed by atoms with Crippen molar-refractivity contribution in [1.29, 1.82) is 0 Å². The second-order valence-electron chi connectivity index (χ2n) is 13.9. The molecule has 0 radical (unpaired) electrons. The number of fused-ring (bicyclic) bond motifs is 10. The number of nitrogens with zero attached hydrogens (tertiary/aromatic N) is 2.